The van der Waals surface area contributed by atoms with Gasteiger partial charge in [0.15, 0.2) is 0 Å². The Morgan fingerprint density at radius 2 is 1.68 bits per heavy atom. The number of rotatable bonds is 7. The summed E-state index contributed by atoms with van der Waals surface area (Å²) >= 11 is 6.11. The lowest BCUT2D eigenvalue weighted by Crippen LogP contribution is -2.47. The Kier molecular flexibility index (Phi) is 11.1. The number of carbonyl (C=O) groups excluding carboxylic acids is 1. The fourth-order valence-corrected chi connectivity index (χ4v) is 4.78. The number of aromatic nitrogens is 1. The Labute approximate surface area is 253 Å². The number of carbonyl (C=O) groups is 1. The second-order valence-corrected chi connectivity index (χ2v) is 9.64. The van der Waals surface area contributed by atoms with Gasteiger partial charge in [-0.3, -0.25) is 9.88 Å². The molecule has 218 valence electrons. The van der Waals surface area contributed by atoms with E-state index in [1.165, 1.54) is 12.3 Å². The molecule has 4 aromatic rings. The first-order valence-corrected chi connectivity index (χ1v) is 12.9. The number of nitrogens with one attached hydrogen (secondary N) is 1. The number of ether oxygens (including phenoxy) is 1. The third kappa shape index (κ3) is 7.95. The fourth-order valence-electron chi connectivity index (χ4n) is 4.60. The van der Waals surface area contributed by atoms with Crippen LogP contribution in [-0.4, -0.2) is 55.2 Å². The fraction of sp³-hybridized carbons (Fsp3) is 0.241. The average Bonchev–Trinajstić information content (AvgIpc) is 2.93. The van der Waals surface area contributed by atoms with Crippen LogP contribution in [0.1, 0.15) is 15.9 Å². The molecule has 0 unspecified atom stereocenters. The van der Waals surface area contributed by atoms with E-state index in [2.05, 4.69) is 20.1 Å². The minimum absolute atomic E-state index is 0. The van der Waals surface area contributed by atoms with E-state index in [0.717, 1.165) is 44.0 Å². The van der Waals surface area contributed by atoms with Crippen LogP contribution in [-0.2, 0) is 10.9 Å². The molecule has 12 heteroatoms. The van der Waals surface area contributed by atoms with E-state index in [0.29, 0.717) is 33.9 Å². The van der Waals surface area contributed by atoms with Gasteiger partial charge in [-0.2, -0.15) is 13.2 Å². The van der Waals surface area contributed by atoms with Crippen LogP contribution in [0.3, 0.4) is 0 Å². The molecule has 0 aliphatic carbocycles. The van der Waals surface area contributed by atoms with Crippen LogP contribution in [0.5, 0.6) is 0 Å². The summed E-state index contributed by atoms with van der Waals surface area (Å²) in [6, 6.07) is 19.7. The second kappa shape index (κ2) is 14.1. The largest absolute Gasteiger partial charge is 0.461 e. The van der Waals surface area contributed by atoms with Crippen molar-refractivity contribution in [3.8, 4) is 0 Å². The van der Waals surface area contributed by atoms with Crippen molar-refractivity contribution in [3.05, 3.63) is 95.1 Å². The number of fused-ring (bicyclic) bond motifs is 1. The number of halogens is 6. The third-order valence-electron chi connectivity index (χ3n) is 6.67. The van der Waals surface area contributed by atoms with Crippen molar-refractivity contribution >= 4 is 70.3 Å². The summed E-state index contributed by atoms with van der Waals surface area (Å²) in [6.45, 7) is 4.24. The quantitative estimate of drug-likeness (QED) is 0.215. The number of hydrogen-bond donors (Lipinski definition) is 1. The molecule has 1 saturated heterocycles. The summed E-state index contributed by atoms with van der Waals surface area (Å²) < 4.78 is 45.0. The minimum Gasteiger partial charge on any atom is -0.461 e. The summed E-state index contributed by atoms with van der Waals surface area (Å²) in [7, 11) is 0. The first-order valence-electron chi connectivity index (χ1n) is 12.5. The number of alkyl halides is 3. The summed E-state index contributed by atoms with van der Waals surface area (Å²) in [5, 5.41) is 4.39. The zero-order valence-electron chi connectivity index (χ0n) is 21.7. The predicted molar refractivity (Wildman–Crippen MR) is 161 cm³/mol. The topological polar surface area (TPSA) is 57.7 Å². The van der Waals surface area contributed by atoms with Gasteiger partial charge in [-0.05, 0) is 48.5 Å². The number of pyridine rings is 1. The second-order valence-electron chi connectivity index (χ2n) is 9.20. The molecule has 1 N–H and O–H groups in total. The Balaban J connectivity index is 0.00000231. The highest BCUT2D eigenvalue weighted by molar-refractivity contribution is 6.30. The summed E-state index contributed by atoms with van der Waals surface area (Å²) in [5.74, 6) is -0.478. The zero-order valence-corrected chi connectivity index (χ0v) is 24.1. The van der Waals surface area contributed by atoms with Crippen LogP contribution in [0.15, 0.2) is 79.0 Å². The molecule has 0 saturated carbocycles. The predicted octanol–water partition coefficient (Wildman–Crippen LogP) is 7.47. The lowest BCUT2D eigenvalue weighted by atomic mass is 10.1. The lowest BCUT2D eigenvalue weighted by Gasteiger charge is -2.36. The molecule has 6 nitrogen and oxygen atoms in total. The van der Waals surface area contributed by atoms with E-state index in [1.54, 1.807) is 30.3 Å². The standard InChI is InChI=1S/C29H26ClF3N4O2.2ClH/c30-21-4-3-5-22(19-21)37-14-12-36(13-15-37)16-17-39-28(38)24-6-1-2-7-25(24)35-26-10-11-34-27-18-20(29(31,32)33)8-9-23(26)27;;/h1-11,18-19H,12-17H2,(H,34,35);2*1H. The van der Waals surface area contributed by atoms with E-state index >= 15 is 0 Å². The summed E-state index contributed by atoms with van der Waals surface area (Å²) in [6.07, 6.45) is -3.03. The number of esters is 1. The maximum absolute atomic E-state index is 13.1. The van der Waals surface area contributed by atoms with Gasteiger partial charge >= 0.3 is 12.1 Å². The van der Waals surface area contributed by atoms with Gasteiger partial charge in [0.1, 0.15) is 6.61 Å². The molecule has 1 aliphatic heterocycles. The van der Waals surface area contributed by atoms with E-state index in [9.17, 15) is 18.0 Å². The van der Waals surface area contributed by atoms with E-state index in [1.807, 2.05) is 24.3 Å². The van der Waals surface area contributed by atoms with Gasteiger partial charge in [0, 0.05) is 60.7 Å². The van der Waals surface area contributed by atoms with Crippen molar-refractivity contribution < 1.29 is 22.7 Å². The lowest BCUT2D eigenvalue weighted by molar-refractivity contribution is -0.137. The van der Waals surface area contributed by atoms with Crippen molar-refractivity contribution in [2.24, 2.45) is 0 Å². The highest BCUT2D eigenvalue weighted by Crippen LogP contribution is 2.34. The Hall–Kier alpha value is -3.24. The first-order chi connectivity index (χ1) is 18.8. The van der Waals surface area contributed by atoms with E-state index in [4.69, 9.17) is 16.3 Å². The third-order valence-corrected chi connectivity index (χ3v) is 6.91. The van der Waals surface area contributed by atoms with Crippen LogP contribution in [0.2, 0.25) is 5.02 Å². The number of hydrogen-bond acceptors (Lipinski definition) is 6. The average molecular weight is 628 g/mol. The van der Waals surface area contributed by atoms with Crippen molar-refractivity contribution in [1.82, 2.24) is 9.88 Å². The van der Waals surface area contributed by atoms with Gasteiger partial charge in [-0.1, -0.05) is 35.9 Å². The van der Waals surface area contributed by atoms with Gasteiger partial charge in [0.05, 0.1) is 22.3 Å². The van der Waals surface area contributed by atoms with Gasteiger partial charge in [-0.15, -0.1) is 24.8 Å². The van der Waals surface area contributed by atoms with Crippen LogP contribution in [0, 0.1) is 0 Å². The molecule has 0 spiro atoms. The Morgan fingerprint density at radius 3 is 2.41 bits per heavy atom. The van der Waals surface area contributed by atoms with Gasteiger partial charge in [0.25, 0.3) is 0 Å². The molecule has 0 radical (unpaired) electrons. The summed E-state index contributed by atoms with van der Waals surface area (Å²) in [4.78, 5) is 21.6. The zero-order chi connectivity index (χ0) is 27.4. The normalized spacial score (nSPS) is 13.7. The highest BCUT2D eigenvalue weighted by Gasteiger charge is 2.30. The molecule has 41 heavy (non-hydrogen) atoms. The molecule has 0 amide bonds. The number of piperazine rings is 1. The first kappa shape index (κ1) is 32.3. The molecule has 0 atom stereocenters. The number of para-hydroxylation sites is 1. The summed E-state index contributed by atoms with van der Waals surface area (Å²) in [5.41, 5.74) is 1.89. The van der Waals surface area contributed by atoms with Gasteiger partial charge in [0.2, 0.25) is 0 Å². The molecule has 1 aromatic heterocycles. The monoisotopic (exact) mass is 626 g/mol. The number of anilines is 3. The number of benzene rings is 3. The Bertz CT molecular complexity index is 1480. The molecule has 0 bridgehead atoms. The molecule has 1 fully saturated rings. The van der Waals surface area contributed by atoms with E-state index < -0.39 is 17.7 Å². The number of nitrogens with zero attached hydrogens (tertiary/aromatic N) is 3. The molecule has 1 aliphatic rings. The van der Waals surface area contributed by atoms with Crippen LogP contribution >= 0.6 is 36.4 Å². The van der Waals surface area contributed by atoms with Crippen LogP contribution in [0.4, 0.5) is 30.2 Å². The molecular formula is C29H28Cl3F3N4O2. The smallest absolute Gasteiger partial charge is 0.416 e. The molecule has 3 aromatic carbocycles. The maximum atomic E-state index is 13.1. The maximum Gasteiger partial charge on any atom is 0.416 e. The molecule has 2 heterocycles. The van der Waals surface area contributed by atoms with Crippen molar-refractivity contribution in [3.63, 3.8) is 0 Å². The SMILES string of the molecule is Cl.Cl.O=C(OCCN1CCN(c2cccc(Cl)c2)CC1)c1ccccc1Nc1ccnc2cc(C(F)(F)F)ccc12. The Morgan fingerprint density at radius 1 is 0.927 bits per heavy atom. The van der Waals surface area contributed by atoms with Crippen molar-refractivity contribution in [2.75, 3.05) is 49.5 Å². The molecular weight excluding hydrogens is 600 g/mol. The van der Waals surface area contributed by atoms with Gasteiger partial charge in [-0.25, -0.2) is 4.79 Å². The highest BCUT2D eigenvalue weighted by atomic mass is 35.5. The van der Waals surface area contributed by atoms with Crippen molar-refractivity contribution in [2.45, 2.75) is 6.18 Å². The van der Waals surface area contributed by atoms with Crippen molar-refractivity contribution in [1.29, 1.82) is 0 Å². The van der Waals surface area contributed by atoms with Gasteiger partial charge < -0.3 is 15.0 Å². The van der Waals surface area contributed by atoms with Crippen LogP contribution < -0.4 is 10.2 Å². The molecule has 5 rings (SSSR count). The van der Waals surface area contributed by atoms with E-state index in [-0.39, 0.29) is 36.9 Å². The van der Waals surface area contributed by atoms with Crippen LogP contribution in [0.25, 0.3) is 10.9 Å². The minimum atomic E-state index is -4.46.